The Hall–Kier alpha value is -3.29. The number of carbonyl (C=O) groups is 1. The fraction of sp³-hybridized carbons (Fsp3) is 0.143. The Balaban J connectivity index is 1.32. The number of halogens is 3. The number of rotatable bonds is 10. The van der Waals surface area contributed by atoms with Crippen molar-refractivity contribution in [2.45, 2.75) is 6.42 Å². The quantitative estimate of drug-likeness (QED) is 0.119. The molecule has 0 saturated carbocycles. The van der Waals surface area contributed by atoms with Crippen LogP contribution in [0.15, 0.2) is 77.9 Å². The second kappa shape index (κ2) is 12.8. The molecule has 1 amide bonds. The van der Waals surface area contributed by atoms with Gasteiger partial charge in [-0.3, -0.25) is 4.79 Å². The third kappa shape index (κ3) is 7.14. The highest BCUT2D eigenvalue weighted by atomic mass is 35.5. The van der Waals surface area contributed by atoms with E-state index in [0.29, 0.717) is 28.8 Å². The molecule has 9 heteroatoms. The number of hydrazone groups is 1. The van der Waals surface area contributed by atoms with Crippen LogP contribution in [0.25, 0.3) is 10.8 Å². The van der Waals surface area contributed by atoms with E-state index < -0.39 is 5.91 Å². The number of hydrogen-bond donors (Lipinski definition) is 3. The summed E-state index contributed by atoms with van der Waals surface area (Å²) in [5.74, 6) is 0.241. The van der Waals surface area contributed by atoms with Crippen LogP contribution >= 0.6 is 34.8 Å². The molecule has 0 aromatic heterocycles. The number of ether oxygens (including phenoxy) is 1. The molecule has 37 heavy (non-hydrogen) atoms. The molecule has 0 radical (unpaired) electrons. The molecule has 0 bridgehead atoms. The zero-order chi connectivity index (χ0) is 26.2. The number of nitrogens with one attached hydrogen (secondary N) is 2. The number of fused-ring (bicyclic) bond motifs is 1. The lowest BCUT2D eigenvalue weighted by atomic mass is 10.0. The van der Waals surface area contributed by atoms with Crippen LogP contribution in [0.4, 0.5) is 0 Å². The predicted octanol–water partition coefficient (Wildman–Crippen LogP) is 6.48. The van der Waals surface area contributed by atoms with Gasteiger partial charge in [0.15, 0.2) is 0 Å². The fourth-order valence-corrected chi connectivity index (χ4v) is 4.19. The van der Waals surface area contributed by atoms with E-state index in [2.05, 4.69) is 15.8 Å². The number of nitrogens with zero attached hydrogens (tertiary/aromatic N) is 1. The third-order valence-corrected chi connectivity index (χ3v) is 6.65. The van der Waals surface area contributed by atoms with Crippen molar-refractivity contribution in [3.8, 4) is 11.5 Å². The van der Waals surface area contributed by atoms with Crippen molar-refractivity contribution in [1.29, 1.82) is 0 Å². The monoisotopic (exact) mass is 555 g/mol. The van der Waals surface area contributed by atoms with Crippen LogP contribution in [0.5, 0.6) is 11.5 Å². The van der Waals surface area contributed by atoms with Crippen LogP contribution in [0.3, 0.4) is 0 Å². The lowest BCUT2D eigenvalue weighted by Crippen LogP contribution is -2.23. The van der Waals surface area contributed by atoms with Crippen molar-refractivity contribution >= 4 is 57.7 Å². The number of phenols is 1. The maximum atomic E-state index is 12.3. The Kier molecular flexibility index (Phi) is 9.25. The standard InChI is InChI=1S/C28H24Cl3N3O3/c29-23-8-5-18(15-24(23)30)11-12-32-13-14-37-27-10-7-20(21-3-1-2-4-22(21)27)17-33-34-28(36)19-6-9-26(35)25(31)16-19/h1-10,15-17,32,35H,11-14H2,(H,34,36)/b33-17+. The molecule has 0 aliphatic rings. The summed E-state index contributed by atoms with van der Waals surface area (Å²) < 4.78 is 6.03. The summed E-state index contributed by atoms with van der Waals surface area (Å²) >= 11 is 17.9. The van der Waals surface area contributed by atoms with Crippen molar-refractivity contribution in [3.05, 3.63) is 105 Å². The number of aromatic hydroxyl groups is 1. The molecule has 0 aliphatic heterocycles. The van der Waals surface area contributed by atoms with Crippen LogP contribution in [0.1, 0.15) is 21.5 Å². The number of hydrogen-bond acceptors (Lipinski definition) is 5. The molecular weight excluding hydrogens is 533 g/mol. The van der Waals surface area contributed by atoms with Crippen LogP contribution in [0, 0.1) is 0 Å². The first-order chi connectivity index (χ1) is 17.9. The SMILES string of the molecule is O=C(N/N=C/c1ccc(OCCNCCc2ccc(Cl)c(Cl)c2)c2ccccc12)c1ccc(O)c(Cl)c1. The molecular formula is C28H24Cl3N3O3. The van der Waals surface area contributed by atoms with E-state index in [1.54, 1.807) is 6.21 Å². The average Bonchev–Trinajstić information content (AvgIpc) is 2.90. The van der Waals surface area contributed by atoms with Gasteiger partial charge in [0.25, 0.3) is 5.91 Å². The predicted molar refractivity (Wildman–Crippen MR) is 151 cm³/mol. The maximum absolute atomic E-state index is 12.3. The zero-order valence-electron chi connectivity index (χ0n) is 19.7. The number of benzene rings is 4. The molecule has 0 spiro atoms. The van der Waals surface area contributed by atoms with Gasteiger partial charge >= 0.3 is 0 Å². The molecule has 4 aromatic carbocycles. The van der Waals surface area contributed by atoms with Gasteiger partial charge in [-0.15, -0.1) is 0 Å². The second-order valence-corrected chi connectivity index (χ2v) is 9.38. The van der Waals surface area contributed by atoms with E-state index in [1.807, 2.05) is 54.6 Å². The number of phenolic OH excluding ortho intramolecular Hbond substituents is 1. The van der Waals surface area contributed by atoms with E-state index in [-0.39, 0.29) is 10.8 Å². The summed E-state index contributed by atoms with van der Waals surface area (Å²) in [7, 11) is 0. The summed E-state index contributed by atoms with van der Waals surface area (Å²) in [5.41, 5.74) is 4.72. The minimum atomic E-state index is -0.436. The van der Waals surface area contributed by atoms with E-state index in [0.717, 1.165) is 40.6 Å². The van der Waals surface area contributed by atoms with Gasteiger partial charge in [-0.1, -0.05) is 65.1 Å². The summed E-state index contributed by atoms with van der Waals surface area (Å²) in [4.78, 5) is 12.3. The molecule has 3 N–H and O–H groups in total. The van der Waals surface area contributed by atoms with Crippen molar-refractivity contribution < 1.29 is 14.6 Å². The first-order valence-electron chi connectivity index (χ1n) is 11.5. The summed E-state index contributed by atoms with van der Waals surface area (Å²) in [6, 6.07) is 21.5. The van der Waals surface area contributed by atoms with Gasteiger partial charge in [0.05, 0.1) is 21.3 Å². The molecule has 4 rings (SSSR count). The highest BCUT2D eigenvalue weighted by molar-refractivity contribution is 6.42. The maximum Gasteiger partial charge on any atom is 0.271 e. The number of amides is 1. The van der Waals surface area contributed by atoms with Gasteiger partial charge in [0, 0.05) is 23.1 Å². The molecule has 0 atom stereocenters. The Bertz CT molecular complexity index is 1440. The lowest BCUT2D eigenvalue weighted by molar-refractivity contribution is 0.0955. The largest absolute Gasteiger partial charge is 0.506 e. The van der Waals surface area contributed by atoms with Crippen molar-refractivity contribution in [2.24, 2.45) is 5.10 Å². The molecule has 0 aliphatic carbocycles. The van der Waals surface area contributed by atoms with Crippen LogP contribution < -0.4 is 15.5 Å². The fourth-order valence-electron chi connectivity index (χ4n) is 3.69. The first kappa shape index (κ1) is 26.8. The minimum absolute atomic E-state index is 0.0884. The van der Waals surface area contributed by atoms with E-state index in [4.69, 9.17) is 39.5 Å². The Morgan fingerprint density at radius 1 is 0.892 bits per heavy atom. The minimum Gasteiger partial charge on any atom is -0.506 e. The van der Waals surface area contributed by atoms with Crippen molar-refractivity contribution in [2.75, 3.05) is 19.7 Å². The number of carbonyl (C=O) groups excluding carboxylic acids is 1. The lowest BCUT2D eigenvalue weighted by Gasteiger charge is -2.12. The van der Waals surface area contributed by atoms with Gasteiger partial charge in [-0.05, 0) is 66.4 Å². The van der Waals surface area contributed by atoms with Gasteiger partial charge in [-0.25, -0.2) is 5.43 Å². The third-order valence-electron chi connectivity index (χ3n) is 5.61. The Morgan fingerprint density at radius 2 is 1.70 bits per heavy atom. The summed E-state index contributed by atoms with van der Waals surface area (Å²) in [6.07, 6.45) is 2.42. The highest BCUT2D eigenvalue weighted by Crippen LogP contribution is 2.28. The van der Waals surface area contributed by atoms with Crippen LogP contribution in [-0.4, -0.2) is 36.9 Å². The molecule has 4 aromatic rings. The normalized spacial score (nSPS) is 11.2. The van der Waals surface area contributed by atoms with Crippen LogP contribution in [0.2, 0.25) is 15.1 Å². The zero-order valence-corrected chi connectivity index (χ0v) is 21.9. The van der Waals surface area contributed by atoms with Gasteiger partial charge in [0.2, 0.25) is 0 Å². The second-order valence-electron chi connectivity index (χ2n) is 8.16. The molecule has 0 fully saturated rings. The van der Waals surface area contributed by atoms with Gasteiger partial charge in [0.1, 0.15) is 18.1 Å². The molecule has 0 heterocycles. The molecule has 190 valence electrons. The van der Waals surface area contributed by atoms with E-state index in [1.165, 1.54) is 18.2 Å². The van der Waals surface area contributed by atoms with E-state index >= 15 is 0 Å². The molecule has 0 unspecified atom stereocenters. The molecule has 0 saturated heterocycles. The molecule has 6 nitrogen and oxygen atoms in total. The van der Waals surface area contributed by atoms with Gasteiger partial charge < -0.3 is 15.2 Å². The van der Waals surface area contributed by atoms with Crippen molar-refractivity contribution in [1.82, 2.24) is 10.7 Å². The first-order valence-corrected chi connectivity index (χ1v) is 12.7. The van der Waals surface area contributed by atoms with Gasteiger partial charge in [-0.2, -0.15) is 5.10 Å². The van der Waals surface area contributed by atoms with E-state index in [9.17, 15) is 9.90 Å². The highest BCUT2D eigenvalue weighted by Gasteiger charge is 2.09. The summed E-state index contributed by atoms with van der Waals surface area (Å²) in [6.45, 7) is 1.98. The smallest absolute Gasteiger partial charge is 0.271 e. The topological polar surface area (TPSA) is 83.0 Å². The Morgan fingerprint density at radius 3 is 2.49 bits per heavy atom. The van der Waals surface area contributed by atoms with Crippen molar-refractivity contribution in [3.63, 3.8) is 0 Å². The van der Waals surface area contributed by atoms with Crippen LogP contribution in [-0.2, 0) is 6.42 Å². The average molecular weight is 557 g/mol. The Labute approximate surface area is 229 Å². The summed E-state index contributed by atoms with van der Waals surface area (Å²) in [5, 5.41) is 20.1.